The van der Waals surface area contributed by atoms with Crippen molar-refractivity contribution < 1.29 is 13.5 Å². The van der Waals surface area contributed by atoms with Crippen LogP contribution in [0.25, 0.3) is 0 Å². The van der Waals surface area contributed by atoms with E-state index in [0.717, 1.165) is 6.42 Å². The number of hydrogen-bond donors (Lipinski definition) is 1. The summed E-state index contributed by atoms with van der Waals surface area (Å²) in [5.74, 6) is 0.0960. The van der Waals surface area contributed by atoms with Crippen molar-refractivity contribution in [1.29, 1.82) is 5.26 Å². The van der Waals surface area contributed by atoms with Crippen molar-refractivity contribution in [3.63, 3.8) is 0 Å². The summed E-state index contributed by atoms with van der Waals surface area (Å²) in [7, 11) is 0. The molecular weight excluding hydrogens is 274 g/mol. The Morgan fingerprint density at radius 1 is 1.47 bits per heavy atom. The Balaban J connectivity index is 2.75. The summed E-state index contributed by atoms with van der Waals surface area (Å²) in [5, 5.41) is 12.2. The molecule has 3 nitrogen and oxygen atoms in total. The summed E-state index contributed by atoms with van der Waals surface area (Å²) in [4.78, 5) is 0. The fraction of sp³-hybridized carbons (Fsp3) is 0.462. The van der Waals surface area contributed by atoms with E-state index in [-0.39, 0.29) is 11.8 Å². The smallest absolute Gasteiger partial charge is 0.387 e. The molecule has 0 saturated carbocycles. The first-order chi connectivity index (χ1) is 9.06. The number of halogens is 3. The average molecular weight is 289 g/mol. The molecule has 0 fully saturated rings. The van der Waals surface area contributed by atoms with E-state index >= 15 is 0 Å². The quantitative estimate of drug-likeness (QED) is 0.831. The van der Waals surface area contributed by atoms with Gasteiger partial charge in [-0.2, -0.15) is 14.0 Å². The SMILES string of the molecule is CCC(CC#N)NCc1cc(Cl)ccc1OC(F)F. The summed E-state index contributed by atoms with van der Waals surface area (Å²) in [6.45, 7) is -0.604. The Labute approximate surface area is 116 Å². The summed E-state index contributed by atoms with van der Waals surface area (Å²) in [5.41, 5.74) is 0.546. The zero-order valence-electron chi connectivity index (χ0n) is 10.5. The van der Waals surface area contributed by atoms with Gasteiger partial charge >= 0.3 is 6.61 Å². The lowest BCUT2D eigenvalue weighted by atomic mass is 10.1. The molecule has 0 aliphatic rings. The minimum Gasteiger partial charge on any atom is -0.434 e. The number of hydrogen-bond acceptors (Lipinski definition) is 3. The van der Waals surface area contributed by atoms with Gasteiger partial charge in [0.2, 0.25) is 0 Å². The molecule has 1 rings (SSSR count). The summed E-state index contributed by atoms with van der Waals surface area (Å²) >= 11 is 5.84. The van der Waals surface area contributed by atoms with E-state index in [9.17, 15) is 8.78 Å². The van der Waals surface area contributed by atoms with Gasteiger partial charge in [-0.25, -0.2) is 0 Å². The van der Waals surface area contributed by atoms with Crippen molar-refractivity contribution >= 4 is 11.6 Å². The van der Waals surface area contributed by atoms with Gasteiger partial charge in [-0.15, -0.1) is 0 Å². The molecule has 0 bridgehead atoms. The van der Waals surface area contributed by atoms with Gasteiger partial charge in [-0.1, -0.05) is 18.5 Å². The van der Waals surface area contributed by atoms with Crippen LogP contribution in [0.15, 0.2) is 18.2 Å². The van der Waals surface area contributed by atoms with Crippen LogP contribution in [0.1, 0.15) is 25.3 Å². The standard InChI is InChI=1S/C13H15ClF2N2O/c1-2-11(5-6-17)18-8-9-7-10(14)3-4-12(9)19-13(15)16/h3-4,7,11,13,18H,2,5,8H2,1H3. The highest BCUT2D eigenvalue weighted by Gasteiger charge is 2.12. The number of nitrogens with zero attached hydrogens (tertiary/aromatic N) is 1. The largest absolute Gasteiger partial charge is 0.434 e. The lowest BCUT2D eigenvalue weighted by Crippen LogP contribution is -2.27. The lowest BCUT2D eigenvalue weighted by Gasteiger charge is -2.16. The second kappa shape index (κ2) is 7.93. The van der Waals surface area contributed by atoms with Crippen molar-refractivity contribution in [3.8, 4) is 11.8 Å². The summed E-state index contributed by atoms with van der Waals surface area (Å²) in [6.07, 6.45) is 1.14. The maximum Gasteiger partial charge on any atom is 0.387 e. The summed E-state index contributed by atoms with van der Waals surface area (Å²) < 4.78 is 29.0. The molecule has 1 N–H and O–H groups in total. The van der Waals surface area contributed by atoms with Crippen molar-refractivity contribution in [3.05, 3.63) is 28.8 Å². The topological polar surface area (TPSA) is 45.0 Å². The molecule has 19 heavy (non-hydrogen) atoms. The normalized spacial score (nSPS) is 12.2. The molecule has 0 spiro atoms. The third-order valence-corrected chi connectivity index (χ3v) is 2.89. The molecule has 0 aliphatic heterocycles. The van der Waals surface area contributed by atoms with E-state index in [1.165, 1.54) is 12.1 Å². The molecule has 1 aromatic rings. The van der Waals surface area contributed by atoms with Crippen LogP contribution >= 0.6 is 11.6 Å². The van der Waals surface area contributed by atoms with E-state index in [1.54, 1.807) is 6.07 Å². The molecule has 0 saturated heterocycles. The van der Waals surface area contributed by atoms with Gasteiger partial charge in [0.25, 0.3) is 0 Å². The van der Waals surface area contributed by atoms with Crippen LogP contribution in [-0.4, -0.2) is 12.7 Å². The highest BCUT2D eigenvalue weighted by molar-refractivity contribution is 6.30. The van der Waals surface area contributed by atoms with Gasteiger partial charge in [0.1, 0.15) is 5.75 Å². The maximum absolute atomic E-state index is 12.3. The second-order valence-electron chi connectivity index (χ2n) is 3.98. The Hall–Kier alpha value is -1.38. The van der Waals surface area contributed by atoms with Crippen LogP contribution in [0.3, 0.4) is 0 Å². The van der Waals surface area contributed by atoms with Crippen LogP contribution in [0.4, 0.5) is 8.78 Å². The lowest BCUT2D eigenvalue weighted by molar-refractivity contribution is -0.0505. The average Bonchev–Trinajstić information content (AvgIpc) is 2.36. The fourth-order valence-corrected chi connectivity index (χ4v) is 1.82. The highest BCUT2D eigenvalue weighted by Crippen LogP contribution is 2.24. The first-order valence-electron chi connectivity index (χ1n) is 5.90. The zero-order valence-corrected chi connectivity index (χ0v) is 11.3. The molecule has 104 valence electrons. The van der Waals surface area contributed by atoms with Crippen molar-refractivity contribution in [2.24, 2.45) is 0 Å². The monoisotopic (exact) mass is 288 g/mol. The molecule has 6 heteroatoms. The van der Waals surface area contributed by atoms with Crippen LogP contribution < -0.4 is 10.1 Å². The van der Waals surface area contributed by atoms with E-state index in [4.69, 9.17) is 16.9 Å². The first kappa shape index (κ1) is 15.7. The van der Waals surface area contributed by atoms with Gasteiger partial charge in [0, 0.05) is 23.2 Å². The molecule has 0 amide bonds. The minimum absolute atomic E-state index is 0.0170. The third kappa shape index (κ3) is 5.41. The van der Waals surface area contributed by atoms with Crippen LogP contribution in [0.5, 0.6) is 5.75 Å². The molecule has 1 atom stereocenters. The van der Waals surface area contributed by atoms with Crippen LogP contribution in [0, 0.1) is 11.3 Å². The van der Waals surface area contributed by atoms with Gasteiger partial charge in [-0.3, -0.25) is 0 Å². The highest BCUT2D eigenvalue weighted by atomic mass is 35.5. The maximum atomic E-state index is 12.3. The molecule has 1 unspecified atom stereocenters. The Morgan fingerprint density at radius 2 is 2.21 bits per heavy atom. The number of nitrogens with one attached hydrogen (secondary N) is 1. The Kier molecular flexibility index (Phi) is 6.54. The second-order valence-corrected chi connectivity index (χ2v) is 4.42. The minimum atomic E-state index is -2.87. The first-order valence-corrected chi connectivity index (χ1v) is 6.28. The molecular formula is C13H15ClF2N2O. The van der Waals surface area contributed by atoms with Crippen molar-refractivity contribution in [2.45, 2.75) is 39.0 Å². The Bertz CT molecular complexity index is 449. The molecule has 0 radical (unpaired) electrons. The molecule has 0 heterocycles. The zero-order chi connectivity index (χ0) is 14.3. The van der Waals surface area contributed by atoms with Crippen molar-refractivity contribution in [1.82, 2.24) is 5.32 Å². The number of benzene rings is 1. The summed E-state index contributed by atoms with van der Waals surface area (Å²) in [6, 6.07) is 6.57. The number of rotatable bonds is 7. The van der Waals surface area contributed by atoms with E-state index in [2.05, 4.69) is 16.1 Å². The Morgan fingerprint density at radius 3 is 2.79 bits per heavy atom. The van der Waals surface area contributed by atoms with Gasteiger partial charge in [0.05, 0.1) is 12.5 Å². The molecule has 0 aliphatic carbocycles. The molecule has 1 aromatic carbocycles. The predicted octanol–water partition coefficient (Wildman–Crippen LogP) is 3.72. The van der Waals surface area contributed by atoms with Gasteiger partial charge < -0.3 is 10.1 Å². The van der Waals surface area contributed by atoms with Gasteiger partial charge in [0.15, 0.2) is 0 Å². The molecule has 0 aromatic heterocycles. The van der Waals surface area contributed by atoms with E-state index < -0.39 is 6.61 Å². The number of nitriles is 1. The van der Waals surface area contributed by atoms with Gasteiger partial charge in [-0.05, 0) is 24.6 Å². The predicted molar refractivity (Wildman–Crippen MR) is 69.2 cm³/mol. The van der Waals surface area contributed by atoms with Crippen LogP contribution in [-0.2, 0) is 6.54 Å². The van der Waals surface area contributed by atoms with E-state index in [1.807, 2.05) is 6.92 Å². The number of alkyl halides is 2. The van der Waals surface area contributed by atoms with Crippen molar-refractivity contribution in [2.75, 3.05) is 0 Å². The number of ether oxygens (including phenoxy) is 1. The fourth-order valence-electron chi connectivity index (χ4n) is 1.62. The van der Waals surface area contributed by atoms with Crippen LogP contribution in [0.2, 0.25) is 5.02 Å². The third-order valence-electron chi connectivity index (χ3n) is 2.65. The van der Waals surface area contributed by atoms with E-state index in [0.29, 0.717) is 23.6 Å².